The number of nitrogens with one attached hydrogen (secondary N) is 2. The van der Waals surface area contributed by atoms with Crippen LogP contribution in [0.5, 0.6) is 17.2 Å². The van der Waals surface area contributed by atoms with Crippen LogP contribution in [0.4, 0.5) is 17.3 Å². The molecule has 3 aromatic rings. The number of halogens is 1. The maximum atomic E-state index is 10.1. The summed E-state index contributed by atoms with van der Waals surface area (Å²) in [6.45, 7) is 0. The third kappa shape index (κ3) is 4.60. The second-order valence-electron chi connectivity index (χ2n) is 5.90. The highest BCUT2D eigenvalue weighted by Gasteiger charge is 2.14. The second kappa shape index (κ2) is 9.29. The molecule has 2 aromatic carbocycles. The molecule has 3 rings (SSSR count). The number of ether oxygens (including phenoxy) is 2. The lowest BCUT2D eigenvalue weighted by atomic mass is 10.2. The Bertz CT molecular complexity index is 1090. The number of aromatic nitrogens is 2. The number of alkyl halides is 1. The van der Waals surface area contributed by atoms with Gasteiger partial charge in [0.1, 0.15) is 11.6 Å². The average Bonchev–Trinajstić information content (AvgIpc) is 3.13. The zero-order chi connectivity index (χ0) is 20.8. The molecule has 9 heteroatoms. The third-order valence-electron chi connectivity index (χ3n) is 4.03. The van der Waals surface area contributed by atoms with E-state index in [1.165, 1.54) is 26.5 Å². The van der Waals surface area contributed by atoms with E-state index in [2.05, 4.69) is 49.2 Å². The van der Waals surface area contributed by atoms with Crippen molar-refractivity contribution < 1.29 is 14.6 Å². The Morgan fingerprint density at radius 1 is 1.31 bits per heavy atom. The number of phenols is 1. The fourth-order valence-corrected chi connectivity index (χ4v) is 3.14. The lowest BCUT2D eigenvalue weighted by Crippen LogP contribution is -1.94. The van der Waals surface area contributed by atoms with Gasteiger partial charge in [0.25, 0.3) is 0 Å². The van der Waals surface area contributed by atoms with Gasteiger partial charge >= 0.3 is 0 Å². The minimum absolute atomic E-state index is 0.0732. The van der Waals surface area contributed by atoms with Crippen molar-refractivity contribution in [2.75, 3.05) is 19.5 Å². The first-order valence-electron chi connectivity index (χ1n) is 8.49. The SMILES string of the molecule is COc1cc(/C=N/c2[nH]nc(Nc3cccc(CI)c3)c2C#N)cc(O)c1OC. The molecule has 0 atom stereocenters. The van der Waals surface area contributed by atoms with E-state index in [1.807, 2.05) is 24.3 Å². The Labute approximate surface area is 181 Å². The first-order valence-corrected chi connectivity index (χ1v) is 10.0. The maximum Gasteiger partial charge on any atom is 0.203 e. The molecule has 0 spiro atoms. The van der Waals surface area contributed by atoms with Gasteiger partial charge in [0.15, 0.2) is 23.1 Å². The molecular weight excluding hydrogens is 485 g/mol. The summed E-state index contributed by atoms with van der Waals surface area (Å²) in [6.07, 6.45) is 1.50. The van der Waals surface area contributed by atoms with Crippen LogP contribution in [-0.4, -0.2) is 35.7 Å². The molecule has 29 heavy (non-hydrogen) atoms. The van der Waals surface area contributed by atoms with Gasteiger partial charge in [0.05, 0.1) is 14.2 Å². The Hall–Kier alpha value is -3.26. The van der Waals surface area contributed by atoms with Gasteiger partial charge in [-0.25, -0.2) is 4.99 Å². The molecule has 1 aromatic heterocycles. The number of phenolic OH excluding ortho intramolecular Hbond substituents is 1. The van der Waals surface area contributed by atoms with Crippen molar-refractivity contribution in [3.63, 3.8) is 0 Å². The van der Waals surface area contributed by atoms with E-state index < -0.39 is 0 Å². The summed E-state index contributed by atoms with van der Waals surface area (Å²) in [6, 6.07) is 13.1. The van der Waals surface area contributed by atoms with Crippen molar-refractivity contribution in [3.05, 3.63) is 53.1 Å². The van der Waals surface area contributed by atoms with Gasteiger partial charge in [0.2, 0.25) is 5.75 Å². The van der Waals surface area contributed by atoms with Crippen molar-refractivity contribution in [1.29, 1.82) is 5.26 Å². The number of rotatable bonds is 7. The molecule has 0 radical (unpaired) electrons. The minimum Gasteiger partial charge on any atom is -0.504 e. The summed E-state index contributed by atoms with van der Waals surface area (Å²) in [7, 11) is 2.92. The van der Waals surface area contributed by atoms with Crippen LogP contribution in [0.1, 0.15) is 16.7 Å². The van der Waals surface area contributed by atoms with Crippen LogP contribution < -0.4 is 14.8 Å². The van der Waals surface area contributed by atoms with Gasteiger partial charge in [-0.1, -0.05) is 34.7 Å². The van der Waals surface area contributed by atoms with Gasteiger partial charge in [0, 0.05) is 21.9 Å². The highest BCUT2D eigenvalue weighted by Crippen LogP contribution is 2.37. The largest absolute Gasteiger partial charge is 0.504 e. The molecule has 0 bridgehead atoms. The van der Waals surface area contributed by atoms with E-state index in [-0.39, 0.29) is 17.1 Å². The highest BCUT2D eigenvalue weighted by atomic mass is 127. The number of aromatic amines is 1. The van der Waals surface area contributed by atoms with Crippen LogP contribution in [0.3, 0.4) is 0 Å². The Kier molecular flexibility index (Phi) is 6.56. The summed E-state index contributed by atoms with van der Waals surface area (Å²) >= 11 is 2.29. The molecule has 0 saturated carbocycles. The topological polar surface area (TPSA) is 116 Å². The highest BCUT2D eigenvalue weighted by molar-refractivity contribution is 14.1. The maximum absolute atomic E-state index is 10.1. The number of aliphatic imine (C=N–C) groups is 1. The van der Waals surface area contributed by atoms with Crippen molar-refractivity contribution in [2.24, 2.45) is 4.99 Å². The lowest BCUT2D eigenvalue weighted by molar-refractivity contribution is 0.333. The van der Waals surface area contributed by atoms with E-state index in [9.17, 15) is 10.4 Å². The number of benzene rings is 2. The zero-order valence-corrected chi connectivity index (χ0v) is 17.9. The van der Waals surface area contributed by atoms with Crippen LogP contribution in [0.15, 0.2) is 41.4 Å². The average molecular weight is 503 g/mol. The predicted octanol–water partition coefficient (Wildman–Crippen LogP) is 4.43. The van der Waals surface area contributed by atoms with Crippen LogP contribution in [0.25, 0.3) is 0 Å². The number of hydrogen-bond acceptors (Lipinski definition) is 7. The number of H-pyrrole nitrogens is 1. The van der Waals surface area contributed by atoms with E-state index in [0.29, 0.717) is 22.9 Å². The summed E-state index contributed by atoms with van der Waals surface area (Å²) in [5.74, 6) is 1.23. The van der Waals surface area contributed by atoms with Crippen molar-refractivity contribution >= 4 is 46.1 Å². The summed E-state index contributed by atoms with van der Waals surface area (Å²) < 4.78 is 11.2. The van der Waals surface area contributed by atoms with Gasteiger partial charge < -0.3 is 19.9 Å². The fraction of sp³-hybridized carbons (Fsp3) is 0.150. The quantitative estimate of drug-likeness (QED) is 0.250. The zero-order valence-electron chi connectivity index (χ0n) is 15.7. The number of aromatic hydroxyl groups is 1. The molecule has 8 nitrogen and oxygen atoms in total. The number of nitriles is 1. The molecule has 0 amide bonds. The number of nitrogens with zero attached hydrogens (tertiary/aromatic N) is 3. The Morgan fingerprint density at radius 3 is 2.83 bits per heavy atom. The number of hydrogen-bond donors (Lipinski definition) is 3. The Balaban J connectivity index is 1.87. The van der Waals surface area contributed by atoms with Gasteiger partial charge in [-0.3, -0.25) is 5.10 Å². The van der Waals surface area contributed by atoms with Crippen LogP contribution in [-0.2, 0) is 4.43 Å². The first-order chi connectivity index (χ1) is 14.1. The van der Waals surface area contributed by atoms with Crippen molar-refractivity contribution in [1.82, 2.24) is 10.2 Å². The first kappa shape index (κ1) is 20.5. The molecular formula is C20H18IN5O3. The summed E-state index contributed by atoms with van der Waals surface area (Å²) in [4.78, 5) is 4.30. The van der Waals surface area contributed by atoms with E-state index >= 15 is 0 Å². The normalized spacial score (nSPS) is 10.7. The molecule has 1 heterocycles. The van der Waals surface area contributed by atoms with Gasteiger partial charge in [-0.2, -0.15) is 10.4 Å². The molecule has 0 saturated heterocycles. The molecule has 0 unspecified atom stereocenters. The van der Waals surface area contributed by atoms with Gasteiger partial charge in [-0.05, 0) is 29.8 Å². The molecule has 148 valence electrons. The van der Waals surface area contributed by atoms with Crippen LogP contribution in [0, 0.1) is 11.3 Å². The van der Waals surface area contributed by atoms with Crippen molar-refractivity contribution in [2.45, 2.75) is 4.43 Å². The molecule has 3 N–H and O–H groups in total. The molecule has 0 aliphatic heterocycles. The predicted molar refractivity (Wildman–Crippen MR) is 119 cm³/mol. The summed E-state index contributed by atoms with van der Waals surface area (Å²) in [5, 5.41) is 29.7. The van der Waals surface area contributed by atoms with E-state index in [4.69, 9.17) is 9.47 Å². The van der Waals surface area contributed by atoms with Gasteiger partial charge in [-0.15, -0.1) is 0 Å². The molecule has 0 aliphatic carbocycles. The number of anilines is 2. The standard InChI is InChI=1S/C20H18IN5O3/c1-28-17-8-13(7-16(27)18(17)29-2)11-23-19-15(10-22)20(26-25-19)24-14-5-3-4-12(6-14)9-21/h3-8,11,27H,9H2,1-2H3,(H2,24,25,26)/b23-11+. The monoisotopic (exact) mass is 503 g/mol. The number of methoxy groups -OCH3 is 2. The molecule has 0 fully saturated rings. The second-order valence-corrected chi connectivity index (χ2v) is 6.66. The van der Waals surface area contributed by atoms with E-state index in [0.717, 1.165) is 15.7 Å². The van der Waals surface area contributed by atoms with Crippen molar-refractivity contribution in [3.8, 4) is 23.3 Å². The van der Waals surface area contributed by atoms with E-state index in [1.54, 1.807) is 6.07 Å². The van der Waals surface area contributed by atoms with Crippen LogP contribution >= 0.6 is 22.6 Å². The molecule has 0 aliphatic rings. The summed E-state index contributed by atoms with van der Waals surface area (Å²) in [5.41, 5.74) is 2.85. The smallest absolute Gasteiger partial charge is 0.203 e. The Morgan fingerprint density at radius 2 is 2.14 bits per heavy atom. The fourth-order valence-electron chi connectivity index (χ4n) is 2.67. The lowest BCUT2D eigenvalue weighted by Gasteiger charge is -2.09. The minimum atomic E-state index is -0.0732. The van der Waals surface area contributed by atoms with Crippen LogP contribution in [0.2, 0.25) is 0 Å². The third-order valence-corrected chi connectivity index (χ3v) is 4.91.